The summed E-state index contributed by atoms with van der Waals surface area (Å²) < 4.78 is 8.13. The number of imidazole rings is 1. The average molecular weight is 374 g/mol. The number of benzene rings is 1. The van der Waals surface area contributed by atoms with Gasteiger partial charge < -0.3 is 10.1 Å². The topological polar surface area (TPSA) is 103 Å². The second-order valence-corrected chi connectivity index (χ2v) is 6.36. The molecule has 27 heavy (non-hydrogen) atoms. The van der Waals surface area contributed by atoms with Crippen molar-refractivity contribution < 1.29 is 19.1 Å². The zero-order valence-electron chi connectivity index (χ0n) is 15.3. The highest BCUT2D eigenvalue weighted by atomic mass is 16.5. The normalized spacial score (nSPS) is 15.0. The Bertz CT molecular complexity index is 945. The van der Waals surface area contributed by atoms with Crippen LogP contribution in [0.25, 0.3) is 11.0 Å². The second-order valence-electron chi connectivity index (χ2n) is 6.36. The number of hydrogen-bond acceptors (Lipinski definition) is 5. The molecule has 1 unspecified atom stereocenters. The van der Waals surface area contributed by atoms with E-state index < -0.39 is 24.0 Å². The first-order valence-electron chi connectivity index (χ1n) is 8.90. The van der Waals surface area contributed by atoms with Gasteiger partial charge in [0, 0.05) is 19.6 Å². The molecule has 2 heterocycles. The molecule has 9 heteroatoms. The Labute approximate surface area is 155 Å². The third kappa shape index (κ3) is 3.57. The number of nitrogens with one attached hydrogen (secondary N) is 1. The van der Waals surface area contributed by atoms with E-state index in [-0.39, 0.29) is 18.8 Å². The molecule has 2 aromatic rings. The smallest absolute Gasteiger partial charge is 0.329 e. The molecule has 0 spiro atoms. The maximum atomic E-state index is 12.7. The van der Waals surface area contributed by atoms with Crippen LogP contribution < -0.4 is 11.0 Å². The van der Waals surface area contributed by atoms with Gasteiger partial charge >= 0.3 is 17.7 Å². The summed E-state index contributed by atoms with van der Waals surface area (Å²) in [5, 5.41) is 2.52. The van der Waals surface area contributed by atoms with E-state index in [1.807, 2.05) is 19.1 Å². The molecule has 1 aliphatic heterocycles. The van der Waals surface area contributed by atoms with Crippen LogP contribution in [0.15, 0.2) is 29.1 Å². The van der Waals surface area contributed by atoms with Crippen molar-refractivity contribution in [3.05, 3.63) is 34.7 Å². The molecule has 0 aliphatic carbocycles. The summed E-state index contributed by atoms with van der Waals surface area (Å²) in [6, 6.07) is 6.71. The number of carbonyl (C=O) groups excluding carboxylic acids is 3. The summed E-state index contributed by atoms with van der Waals surface area (Å²) in [6.07, 6.45) is -0.331. The molecular formula is C18H22N4O5. The highest BCUT2D eigenvalue weighted by molar-refractivity contribution is 5.98. The van der Waals surface area contributed by atoms with Crippen LogP contribution in [0.2, 0.25) is 0 Å². The SMILES string of the molecule is CCCn1c(=O)n(CC(=O)OC(C)C(=O)N2CCNC2=O)c2ccccc21. The molecule has 1 aliphatic rings. The number of rotatable bonds is 6. The van der Waals surface area contributed by atoms with Crippen LogP contribution in [0.4, 0.5) is 4.79 Å². The number of amides is 3. The number of hydrogen-bond donors (Lipinski definition) is 1. The van der Waals surface area contributed by atoms with Crippen LogP contribution in [0.1, 0.15) is 20.3 Å². The number of esters is 1. The summed E-state index contributed by atoms with van der Waals surface area (Å²) in [5.74, 6) is -1.30. The molecule has 0 bridgehead atoms. The van der Waals surface area contributed by atoms with E-state index >= 15 is 0 Å². The number of carbonyl (C=O) groups is 3. The van der Waals surface area contributed by atoms with Gasteiger partial charge in [0.15, 0.2) is 6.10 Å². The van der Waals surface area contributed by atoms with Crippen LogP contribution in [0.5, 0.6) is 0 Å². The maximum absolute atomic E-state index is 12.7. The first kappa shape index (κ1) is 18.7. The summed E-state index contributed by atoms with van der Waals surface area (Å²) >= 11 is 0. The Hall–Kier alpha value is -3.10. The van der Waals surface area contributed by atoms with E-state index in [2.05, 4.69) is 5.32 Å². The van der Waals surface area contributed by atoms with Crippen molar-refractivity contribution >= 4 is 28.9 Å². The van der Waals surface area contributed by atoms with Crippen molar-refractivity contribution in [1.29, 1.82) is 0 Å². The van der Waals surface area contributed by atoms with Gasteiger partial charge in [-0.25, -0.2) is 9.59 Å². The summed E-state index contributed by atoms with van der Waals surface area (Å²) in [7, 11) is 0. The fourth-order valence-electron chi connectivity index (χ4n) is 3.18. The van der Waals surface area contributed by atoms with Gasteiger partial charge in [-0.15, -0.1) is 0 Å². The lowest BCUT2D eigenvalue weighted by Gasteiger charge is -2.18. The summed E-state index contributed by atoms with van der Waals surface area (Å²) in [5.41, 5.74) is 1.08. The molecule has 1 saturated heterocycles. The Morgan fingerprint density at radius 3 is 2.44 bits per heavy atom. The highest BCUT2D eigenvalue weighted by Crippen LogP contribution is 2.13. The average Bonchev–Trinajstić information content (AvgIpc) is 3.18. The minimum atomic E-state index is -1.11. The zero-order valence-corrected chi connectivity index (χ0v) is 15.3. The number of nitrogens with zero attached hydrogens (tertiary/aromatic N) is 3. The van der Waals surface area contributed by atoms with Crippen molar-refractivity contribution in [2.45, 2.75) is 39.5 Å². The monoisotopic (exact) mass is 374 g/mol. The van der Waals surface area contributed by atoms with E-state index in [9.17, 15) is 19.2 Å². The number of imide groups is 1. The molecule has 3 rings (SSSR count). The van der Waals surface area contributed by atoms with Crippen molar-refractivity contribution in [1.82, 2.24) is 19.4 Å². The standard InChI is InChI=1S/C18H22N4O5/c1-3-9-20-13-6-4-5-7-14(13)22(18(20)26)11-15(23)27-12(2)16(24)21-10-8-19-17(21)25/h4-7,12H,3,8-11H2,1-2H3,(H,19,25). The van der Waals surface area contributed by atoms with Crippen molar-refractivity contribution in [2.75, 3.05) is 13.1 Å². The highest BCUT2D eigenvalue weighted by Gasteiger charge is 2.31. The quantitative estimate of drug-likeness (QED) is 0.750. The Morgan fingerprint density at radius 1 is 1.19 bits per heavy atom. The minimum Gasteiger partial charge on any atom is -0.451 e. The fraction of sp³-hybridized carbons (Fsp3) is 0.444. The largest absolute Gasteiger partial charge is 0.451 e. The Kier molecular flexibility index (Phi) is 5.29. The molecule has 9 nitrogen and oxygen atoms in total. The van der Waals surface area contributed by atoms with E-state index in [1.54, 1.807) is 16.7 Å². The van der Waals surface area contributed by atoms with Crippen molar-refractivity contribution in [3.8, 4) is 0 Å². The number of ether oxygens (including phenoxy) is 1. The second kappa shape index (κ2) is 7.65. The zero-order chi connectivity index (χ0) is 19.6. The van der Waals surface area contributed by atoms with Crippen LogP contribution in [-0.2, 0) is 27.4 Å². The molecule has 1 aromatic carbocycles. The number of aromatic nitrogens is 2. The van der Waals surface area contributed by atoms with E-state index in [4.69, 9.17) is 4.74 Å². The van der Waals surface area contributed by atoms with Gasteiger partial charge in [0.05, 0.1) is 11.0 Å². The molecule has 1 atom stereocenters. The lowest BCUT2D eigenvalue weighted by atomic mass is 10.3. The van der Waals surface area contributed by atoms with Gasteiger partial charge in [0.2, 0.25) is 0 Å². The van der Waals surface area contributed by atoms with Gasteiger partial charge in [-0.3, -0.25) is 23.6 Å². The van der Waals surface area contributed by atoms with Gasteiger partial charge in [0.25, 0.3) is 5.91 Å². The molecule has 3 amide bonds. The van der Waals surface area contributed by atoms with E-state index in [0.29, 0.717) is 18.6 Å². The predicted molar refractivity (Wildman–Crippen MR) is 97.2 cm³/mol. The van der Waals surface area contributed by atoms with Crippen LogP contribution in [0, 0.1) is 0 Å². The first-order chi connectivity index (χ1) is 12.9. The lowest BCUT2D eigenvalue weighted by Crippen LogP contribution is -2.42. The molecule has 1 fully saturated rings. The van der Waals surface area contributed by atoms with Crippen LogP contribution in [-0.4, -0.2) is 51.1 Å². The Morgan fingerprint density at radius 2 is 1.85 bits per heavy atom. The van der Waals surface area contributed by atoms with Gasteiger partial charge in [-0.1, -0.05) is 19.1 Å². The number of para-hydroxylation sites is 2. The van der Waals surface area contributed by atoms with Gasteiger partial charge in [-0.2, -0.15) is 0 Å². The fourth-order valence-corrected chi connectivity index (χ4v) is 3.18. The lowest BCUT2D eigenvalue weighted by molar-refractivity contribution is -0.158. The van der Waals surface area contributed by atoms with Crippen LogP contribution in [0.3, 0.4) is 0 Å². The number of fused-ring (bicyclic) bond motifs is 1. The molecule has 1 N–H and O–H groups in total. The van der Waals surface area contributed by atoms with Crippen molar-refractivity contribution in [2.24, 2.45) is 0 Å². The van der Waals surface area contributed by atoms with Crippen molar-refractivity contribution in [3.63, 3.8) is 0 Å². The third-order valence-corrected chi connectivity index (χ3v) is 4.44. The van der Waals surface area contributed by atoms with Gasteiger partial charge in [0.1, 0.15) is 6.54 Å². The predicted octanol–water partition coefficient (Wildman–Crippen LogP) is 0.697. The third-order valence-electron chi connectivity index (χ3n) is 4.44. The Balaban J connectivity index is 1.76. The first-order valence-corrected chi connectivity index (χ1v) is 8.90. The van der Waals surface area contributed by atoms with Gasteiger partial charge in [-0.05, 0) is 25.5 Å². The van der Waals surface area contributed by atoms with E-state index in [0.717, 1.165) is 16.8 Å². The summed E-state index contributed by atoms with van der Waals surface area (Å²) in [6.45, 7) is 4.23. The van der Waals surface area contributed by atoms with Crippen LogP contribution >= 0.6 is 0 Å². The maximum Gasteiger partial charge on any atom is 0.329 e. The molecule has 0 radical (unpaired) electrons. The molecule has 0 saturated carbocycles. The molecular weight excluding hydrogens is 352 g/mol. The molecule has 1 aromatic heterocycles. The van der Waals surface area contributed by atoms with E-state index in [1.165, 1.54) is 11.5 Å². The minimum absolute atomic E-state index is 0.240. The summed E-state index contributed by atoms with van der Waals surface area (Å²) in [4.78, 5) is 49.8. The number of urea groups is 1. The molecule has 144 valence electrons. The number of aryl methyl sites for hydroxylation is 1.